The highest BCUT2D eigenvalue weighted by Gasteiger charge is 2.16. The molecule has 0 aliphatic carbocycles. The Bertz CT molecular complexity index is 403. The smallest absolute Gasteiger partial charge is 0.346 e. The van der Waals surface area contributed by atoms with Crippen LogP contribution in [0.4, 0.5) is 0 Å². The fourth-order valence-electron chi connectivity index (χ4n) is 1.09. The Kier molecular flexibility index (Phi) is 4.31. The van der Waals surface area contributed by atoms with E-state index in [-0.39, 0.29) is 5.75 Å². The minimum Gasteiger partial charge on any atom is -0.477 e. The molecule has 1 rings (SSSR count). The minimum atomic E-state index is -0.774. The van der Waals surface area contributed by atoms with Gasteiger partial charge in [-0.05, 0) is 25.1 Å². The summed E-state index contributed by atoms with van der Waals surface area (Å²) in [6, 6.07) is 4.56. The Morgan fingerprint density at radius 1 is 1.50 bits per heavy atom. The molecule has 0 aromatic heterocycles. The van der Waals surface area contributed by atoms with Crippen molar-refractivity contribution in [1.29, 1.82) is 0 Å². The topological polar surface area (TPSA) is 52.6 Å². The Morgan fingerprint density at radius 3 is 2.75 bits per heavy atom. The molecular weight excluding hydrogens is 232 g/mol. The molecule has 16 heavy (non-hydrogen) atoms. The molecule has 4 nitrogen and oxygen atoms in total. The molecule has 0 spiro atoms. The third kappa shape index (κ3) is 2.97. The largest absolute Gasteiger partial charge is 0.477 e. The highest BCUT2D eigenvalue weighted by atomic mass is 35.5. The van der Waals surface area contributed by atoms with E-state index in [1.807, 2.05) is 0 Å². The zero-order valence-electron chi connectivity index (χ0n) is 8.90. The lowest BCUT2D eigenvalue weighted by molar-refractivity contribution is -0.147. The van der Waals surface area contributed by atoms with Crippen molar-refractivity contribution in [3.8, 4) is 5.75 Å². The van der Waals surface area contributed by atoms with Crippen LogP contribution in [0.3, 0.4) is 0 Å². The predicted octanol–water partition coefficient (Wildman–Crippen LogP) is 2.09. The summed E-state index contributed by atoms with van der Waals surface area (Å²) in [5.41, 5.74) is 0.427. The number of hydrogen-bond acceptors (Lipinski definition) is 4. The van der Waals surface area contributed by atoms with E-state index >= 15 is 0 Å². The molecule has 1 aromatic carbocycles. The summed E-state index contributed by atoms with van der Waals surface area (Å²) in [4.78, 5) is 21.7. The standard InChI is InChI=1S/C11H11ClO4/c1-7(11(14)15-2)16-10-5-8(6-13)3-4-9(10)12/h3-7H,1-2H3/t7-/m0/s1. The van der Waals surface area contributed by atoms with Gasteiger partial charge in [-0.15, -0.1) is 0 Å². The second-order valence-electron chi connectivity index (χ2n) is 3.09. The number of esters is 1. The van der Waals surface area contributed by atoms with Crippen molar-refractivity contribution >= 4 is 23.9 Å². The number of rotatable bonds is 4. The Balaban J connectivity index is 2.87. The number of carbonyl (C=O) groups is 2. The lowest BCUT2D eigenvalue weighted by Crippen LogP contribution is -2.25. The van der Waals surface area contributed by atoms with E-state index in [1.54, 1.807) is 6.07 Å². The van der Waals surface area contributed by atoms with E-state index < -0.39 is 12.1 Å². The second kappa shape index (κ2) is 5.51. The first-order valence-electron chi connectivity index (χ1n) is 4.57. The molecule has 0 fully saturated rings. The number of carbonyl (C=O) groups excluding carboxylic acids is 2. The molecule has 0 N–H and O–H groups in total. The fraction of sp³-hybridized carbons (Fsp3) is 0.273. The average molecular weight is 243 g/mol. The number of hydrogen-bond donors (Lipinski definition) is 0. The maximum absolute atomic E-state index is 11.1. The van der Waals surface area contributed by atoms with Crippen LogP contribution in [0.15, 0.2) is 18.2 Å². The van der Waals surface area contributed by atoms with Gasteiger partial charge in [0.05, 0.1) is 12.1 Å². The van der Waals surface area contributed by atoms with Crippen LogP contribution in [-0.2, 0) is 9.53 Å². The van der Waals surface area contributed by atoms with E-state index in [1.165, 1.54) is 26.2 Å². The SMILES string of the molecule is COC(=O)[C@H](C)Oc1cc(C=O)ccc1Cl. The molecule has 0 aliphatic heterocycles. The number of methoxy groups -OCH3 is 1. The second-order valence-corrected chi connectivity index (χ2v) is 3.50. The number of benzene rings is 1. The molecule has 5 heteroatoms. The van der Waals surface area contributed by atoms with Crippen molar-refractivity contribution < 1.29 is 19.1 Å². The van der Waals surface area contributed by atoms with Crippen LogP contribution in [0.1, 0.15) is 17.3 Å². The third-order valence-corrected chi connectivity index (χ3v) is 2.24. The van der Waals surface area contributed by atoms with E-state index in [4.69, 9.17) is 16.3 Å². The van der Waals surface area contributed by atoms with Gasteiger partial charge in [0.15, 0.2) is 6.10 Å². The van der Waals surface area contributed by atoms with E-state index in [0.717, 1.165) is 0 Å². The molecule has 0 aliphatic rings. The molecule has 86 valence electrons. The van der Waals surface area contributed by atoms with E-state index in [0.29, 0.717) is 16.9 Å². The highest BCUT2D eigenvalue weighted by Crippen LogP contribution is 2.26. The molecular formula is C11H11ClO4. The van der Waals surface area contributed by atoms with Gasteiger partial charge in [-0.1, -0.05) is 11.6 Å². The van der Waals surface area contributed by atoms with Crippen LogP contribution >= 0.6 is 11.6 Å². The van der Waals surface area contributed by atoms with Gasteiger partial charge in [0, 0.05) is 5.56 Å². The monoisotopic (exact) mass is 242 g/mol. The van der Waals surface area contributed by atoms with Crippen molar-refractivity contribution in [3.63, 3.8) is 0 Å². The number of ether oxygens (including phenoxy) is 2. The van der Waals surface area contributed by atoms with Gasteiger partial charge in [0.25, 0.3) is 0 Å². The lowest BCUT2D eigenvalue weighted by Gasteiger charge is -2.13. The fourth-order valence-corrected chi connectivity index (χ4v) is 1.25. The number of halogens is 1. The van der Waals surface area contributed by atoms with Crippen molar-refractivity contribution in [2.24, 2.45) is 0 Å². The molecule has 0 radical (unpaired) electrons. The molecule has 0 heterocycles. The normalized spacial score (nSPS) is 11.7. The summed E-state index contributed by atoms with van der Waals surface area (Å²) >= 11 is 5.85. The zero-order valence-corrected chi connectivity index (χ0v) is 9.65. The first-order valence-corrected chi connectivity index (χ1v) is 4.95. The molecule has 0 bridgehead atoms. The summed E-state index contributed by atoms with van der Waals surface area (Å²) in [7, 11) is 1.27. The van der Waals surface area contributed by atoms with Gasteiger partial charge in [-0.2, -0.15) is 0 Å². The minimum absolute atomic E-state index is 0.282. The van der Waals surface area contributed by atoms with Crippen LogP contribution in [-0.4, -0.2) is 25.5 Å². The van der Waals surface area contributed by atoms with E-state index in [2.05, 4.69) is 4.74 Å². The van der Waals surface area contributed by atoms with Gasteiger partial charge >= 0.3 is 5.97 Å². The van der Waals surface area contributed by atoms with Crippen LogP contribution in [0, 0.1) is 0 Å². The van der Waals surface area contributed by atoms with Crippen LogP contribution in [0.5, 0.6) is 5.75 Å². The van der Waals surface area contributed by atoms with Crippen molar-refractivity contribution in [3.05, 3.63) is 28.8 Å². The quantitative estimate of drug-likeness (QED) is 0.599. The maximum Gasteiger partial charge on any atom is 0.346 e. The molecule has 0 amide bonds. The molecule has 0 saturated carbocycles. The van der Waals surface area contributed by atoms with Crippen LogP contribution in [0.2, 0.25) is 5.02 Å². The van der Waals surface area contributed by atoms with Crippen molar-refractivity contribution in [1.82, 2.24) is 0 Å². The summed E-state index contributed by atoms with van der Waals surface area (Å²) in [6.45, 7) is 1.54. The molecule has 0 unspecified atom stereocenters. The van der Waals surface area contributed by atoms with Gasteiger partial charge in [-0.25, -0.2) is 4.79 Å². The van der Waals surface area contributed by atoms with Gasteiger partial charge in [0.2, 0.25) is 0 Å². The first-order chi connectivity index (χ1) is 7.58. The summed E-state index contributed by atoms with van der Waals surface area (Å²) < 4.78 is 9.78. The Hall–Kier alpha value is -1.55. The predicted molar refractivity (Wildman–Crippen MR) is 58.9 cm³/mol. The van der Waals surface area contributed by atoms with Gasteiger partial charge in [-0.3, -0.25) is 4.79 Å². The zero-order chi connectivity index (χ0) is 12.1. The van der Waals surface area contributed by atoms with Crippen LogP contribution < -0.4 is 4.74 Å². The highest BCUT2D eigenvalue weighted by molar-refractivity contribution is 6.32. The maximum atomic E-state index is 11.1. The van der Waals surface area contributed by atoms with Crippen LogP contribution in [0.25, 0.3) is 0 Å². The Labute approximate surface area is 98.1 Å². The van der Waals surface area contributed by atoms with Gasteiger partial charge < -0.3 is 9.47 Å². The summed E-state index contributed by atoms with van der Waals surface area (Å²) in [5, 5.41) is 0.335. The summed E-state index contributed by atoms with van der Waals surface area (Å²) in [6.07, 6.45) is -0.101. The average Bonchev–Trinajstić information content (AvgIpc) is 2.30. The first kappa shape index (κ1) is 12.5. The van der Waals surface area contributed by atoms with E-state index in [9.17, 15) is 9.59 Å². The Morgan fingerprint density at radius 2 is 2.19 bits per heavy atom. The summed E-state index contributed by atoms with van der Waals surface area (Å²) in [5.74, 6) is -0.225. The lowest BCUT2D eigenvalue weighted by atomic mass is 10.2. The third-order valence-electron chi connectivity index (χ3n) is 1.93. The molecule has 1 aromatic rings. The van der Waals surface area contributed by atoms with Crippen molar-refractivity contribution in [2.45, 2.75) is 13.0 Å². The van der Waals surface area contributed by atoms with Crippen molar-refractivity contribution in [2.75, 3.05) is 7.11 Å². The van der Waals surface area contributed by atoms with Gasteiger partial charge in [0.1, 0.15) is 12.0 Å². The molecule has 1 atom stereocenters. The number of aldehydes is 1. The molecule has 0 saturated heterocycles.